The van der Waals surface area contributed by atoms with Crippen LogP contribution in [0.25, 0.3) is 0 Å². The zero-order valence-electron chi connectivity index (χ0n) is 19.6. The normalized spacial score (nSPS) is 20.1. The molecule has 1 atom stereocenters. The molecular weight excluding hydrogens is 425 g/mol. The molecule has 3 aliphatic heterocycles. The number of hydrogen-bond donors (Lipinski definition) is 0. The fourth-order valence-corrected chi connectivity index (χ4v) is 5.72. The predicted octanol–water partition coefficient (Wildman–Crippen LogP) is 5.77. The van der Waals surface area contributed by atoms with Crippen LogP contribution in [0.2, 0.25) is 0 Å². The summed E-state index contributed by atoms with van der Waals surface area (Å²) in [5, 5.41) is 0. The Balaban J connectivity index is 1.16. The highest BCUT2D eigenvalue weighted by atomic mass is 19.1. The standard InChI is InChI=1S/C29H32FN3O/c30-24-9-12-27-23(19-24)21-34-29-6-2-1-5-28(29)33(27)26-14-18-31(20-26)17-13-22-7-10-25(11-8-22)32-15-3-4-16-32/h1-2,5-12,19,26H,3-4,13-18,20-21H2. The minimum Gasteiger partial charge on any atom is -0.487 e. The molecule has 0 amide bonds. The Hall–Kier alpha value is -3.05. The fraction of sp³-hybridized carbons (Fsp3) is 0.379. The van der Waals surface area contributed by atoms with Crippen molar-refractivity contribution >= 4 is 17.1 Å². The second-order valence-corrected chi connectivity index (χ2v) is 9.75. The number of para-hydroxylation sites is 2. The summed E-state index contributed by atoms with van der Waals surface area (Å²) in [6, 6.07) is 22.8. The maximum atomic E-state index is 14.0. The van der Waals surface area contributed by atoms with Crippen LogP contribution in [0.4, 0.5) is 21.5 Å². The summed E-state index contributed by atoms with van der Waals surface area (Å²) in [5.41, 5.74) is 5.82. The van der Waals surface area contributed by atoms with Crippen molar-refractivity contribution in [3.05, 3.63) is 83.7 Å². The van der Waals surface area contributed by atoms with Crippen LogP contribution in [0.3, 0.4) is 0 Å². The Morgan fingerprint density at radius 1 is 0.882 bits per heavy atom. The molecule has 3 heterocycles. The molecule has 3 aromatic rings. The number of likely N-dealkylation sites (tertiary alicyclic amines) is 1. The average molecular weight is 458 g/mol. The molecule has 0 N–H and O–H groups in total. The SMILES string of the molecule is Fc1ccc2c(c1)COc1ccccc1N2C1CCN(CCc2ccc(N3CCCC3)cc2)C1. The van der Waals surface area contributed by atoms with Crippen LogP contribution in [0.1, 0.15) is 30.4 Å². The van der Waals surface area contributed by atoms with Crippen LogP contribution in [-0.4, -0.2) is 43.7 Å². The van der Waals surface area contributed by atoms with E-state index in [0.717, 1.165) is 55.2 Å². The number of halogens is 1. The van der Waals surface area contributed by atoms with Crippen molar-refractivity contribution in [2.45, 2.75) is 38.3 Å². The molecule has 0 aromatic heterocycles. The van der Waals surface area contributed by atoms with Gasteiger partial charge in [0.1, 0.15) is 18.2 Å². The number of nitrogens with zero attached hydrogens (tertiary/aromatic N) is 3. The van der Waals surface area contributed by atoms with Gasteiger partial charge in [0.05, 0.1) is 5.69 Å². The van der Waals surface area contributed by atoms with Gasteiger partial charge in [0, 0.05) is 55.7 Å². The first-order chi connectivity index (χ1) is 16.7. The lowest BCUT2D eigenvalue weighted by Gasteiger charge is -2.32. The Kier molecular flexibility index (Phi) is 5.88. The smallest absolute Gasteiger partial charge is 0.143 e. The van der Waals surface area contributed by atoms with E-state index < -0.39 is 0 Å². The van der Waals surface area contributed by atoms with E-state index in [1.54, 1.807) is 12.1 Å². The Bertz CT molecular complexity index is 1140. The van der Waals surface area contributed by atoms with Gasteiger partial charge in [-0.2, -0.15) is 0 Å². The second-order valence-electron chi connectivity index (χ2n) is 9.75. The third-order valence-corrected chi connectivity index (χ3v) is 7.55. The molecule has 2 fully saturated rings. The summed E-state index contributed by atoms with van der Waals surface area (Å²) in [4.78, 5) is 7.44. The quantitative estimate of drug-likeness (QED) is 0.484. The molecule has 176 valence electrons. The molecule has 0 spiro atoms. The van der Waals surface area contributed by atoms with E-state index in [9.17, 15) is 4.39 Å². The van der Waals surface area contributed by atoms with Gasteiger partial charge >= 0.3 is 0 Å². The first-order valence-corrected chi connectivity index (χ1v) is 12.6. The summed E-state index contributed by atoms with van der Waals surface area (Å²) >= 11 is 0. The number of anilines is 3. The number of fused-ring (bicyclic) bond motifs is 2. The van der Waals surface area contributed by atoms with Crippen molar-refractivity contribution in [1.82, 2.24) is 4.90 Å². The zero-order chi connectivity index (χ0) is 22.9. The van der Waals surface area contributed by atoms with Crippen molar-refractivity contribution in [2.24, 2.45) is 0 Å². The first kappa shape index (κ1) is 21.5. The Morgan fingerprint density at radius 2 is 1.71 bits per heavy atom. The summed E-state index contributed by atoms with van der Waals surface area (Å²) in [6.07, 6.45) is 4.77. The van der Waals surface area contributed by atoms with Gasteiger partial charge in [-0.25, -0.2) is 4.39 Å². The molecule has 5 heteroatoms. The van der Waals surface area contributed by atoms with Crippen molar-refractivity contribution in [2.75, 3.05) is 42.5 Å². The number of benzene rings is 3. The lowest BCUT2D eigenvalue weighted by atomic mass is 10.1. The van der Waals surface area contributed by atoms with E-state index in [-0.39, 0.29) is 5.82 Å². The second kappa shape index (κ2) is 9.30. The van der Waals surface area contributed by atoms with Crippen molar-refractivity contribution < 1.29 is 9.13 Å². The number of ether oxygens (including phenoxy) is 1. The molecule has 6 rings (SSSR count). The molecule has 34 heavy (non-hydrogen) atoms. The van der Waals surface area contributed by atoms with Gasteiger partial charge in [-0.05, 0) is 73.7 Å². The van der Waals surface area contributed by atoms with E-state index in [1.807, 2.05) is 18.2 Å². The van der Waals surface area contributed by atoms with Gasteiger partial charge in [-0.1, -0.05) is 24.3 Å². The van der Waals surface area contributed by atoms with E-state index in [1.165, 1.54) is 37.2 Å². The predicted molar refractivity (Wildman–Crippen MR) is 136 cm³/mol. The van der Waals surface area contributed by atoms with E-state index >= 15 is 0 Å². The van der Waals surface area contributed by atoms with Crippen LogP contribution in [0.15, 0.2) is 66.7 Å². The highest BCUT2D eigenvalue weighted by molar-refractivity contribution is 5.73. The Morgan fingerprint density at radius 3 is 2.56 bits per heavy atom. The minimum atomic E-state index is -0.211. The summed E-state index contributed by atoms with van der Waals surface area (Å²) in [7, 11) is 0. The third-order valence-electron chi connectivity index (χ3n) is 7.55. The monoisotopic (exact) mass is 457 g/mol. The van der Waals surface area contributed by atoms with Crippen LogP contribution in [0, 0.1) is 5.82 Å². The van der Waals surface area contributed by atoms with Crippen molar-refractivity contribution in [3.8, 4) is 5.75 Å². The van der Waals surface area contributed by atoms with Crippen molar-refractivity contribution in [3.63, 3.8) is 0 Å². The summed E-state index contributed by atoms with van der Waals surface area (Å²) < 4.78 is 20.1. The van der Waals surface area contributed by atoms with Gasteiger partial charge in [-0.3, -0.25) is 0 Å². The molecule has 3 aliphatic rings. The number of rotatable bonds is 5. The van der Waals surface area contributed by atoms with Crippen molar-refractivity contribution in [1.29, 1.82) is 0 Å². The average Bonchev–Trinajstić information content (AvgIpc) is 3.54. The lowest BCUT2D eigenvalue weighted by molar-refractivity contribution is 0.310. The first-order valence-electron chi connectivity index (χ1n) is 12.6. The third kappa shape index (κ3) is 4.25. The molecule has 0 radical (unpaired) electrons. The van der Waals surface area contributed by atoms with Gasteiger partial charge in [0.15, 0.2) is 0 Å². The molecular formula is C29H32FN3O. The maximum absolute atomic E-state index is 14.0. The van der Waals surface area contributed by atoms with Gasteiger partial charge in [-0.15, -0.1) is 0 Å². The molecule has 3 aromatic carbocycles. The molecule has 4 nitrogen and oxygen atoms in total. The lowest BCUT2D eigenvalue weighted by Crippen LogP contribution is -2.35. The highest BCUT2D eigenvalue weighted by Gasteiger charge is 2.33. The minimum absolute atomic E-state index is 0.211. The molecule has 0 saturated carbocycles. The van der Waals surface area contributed by atoms with Crippen LogP contribution >= 0.6 is 0 Å². The van der Waals surface area contributed by atoms with E-state index in [4.69, 9.17) is 4.74 Å². The van der Waals surface area contributed by atoms with Gasteiger partial charge in [0.2, 0.25) is 0 Å². The summed E-state index contributed by atoms with van der Waals surface area (Å²) in [6.45, 7) is 5.90. The number of hydrogen-bond acceptors (Lipinski definition) is 4. The molecule has 0 aliphatic carbocycles. The zero-order valence-corrected chi connectivity index (χ0v) is 19.6. The summed E-state index contributed by atoms with van der Waals surface area (Å²) in [5.74, 6) is 0.660. The molecule has 2 saturated heterocycles. The Labute approximate surface area is 201 Å². The van der Waals surface area contributed by atoms with Crippen LogP contribution < -0.4 is 14.5 Å². The van der Waals surface area contributed by atoms with Crippen LogP contribution in [-0.2, 0) is 13.0 Å². The highest BCUT2D eigenvalue weighted by Crippen LogP contribution is 2.42. The maximum Gasteiger partial charge on any atom is 0.143 e. The topological polar surface area (TPSA) is 19.0 Å². The molecule has 1 unspecified atom stereocenters. The van der Waals surface area contributed by atoms with Gasteiger partial charge in [0.25, 0.3) is 0 Å². The van der Waals surface area contributed by atoms with Crippen LogP contribution in [0.5, 0.6) is 5.75 Å². The molecule has 0 bridgehead atoms. The largest absolute Gasteiger partial charge is 0.487 e. The fourth-order valence-electron chi connectivity index (χ4n) is 5.72. The van der Waals surface area contributed by atoms with E-state index in [2.05, 4.69) is 51.1 Å². The van der Waals surface area contributed by atoms with Gasteiger partial charge < -0.3 is 19.4 Å². The van der Waals surface area contributed by atoms with E-state index in [0.29, 0.717) is 12.6 Å².